The van der Waals surface area contributed by atoms with Gasteiger partial charge in [-0.1, -0.05) is 56.6 Å². The third-order valence-corrected chi connectivity index (χ3v) is 5.47. The van der Waals surface area contributed by atoms with Gasteiger partial charge in [-0.2, -0.15) is 5.26 Å². The molecule has 3 aromatic rings. The number of fused-ring (bicyclic) bond motifs is 1. The lowest BCUT2D eigenvalue weighted by Gasteiger charge is -2.27. The lowest BCUT2D eigenvalue weighted by molar-refractivity contribution is 0.306. The minimum atomic E-state index is -0.368. The Morgan fingerprint density at radius 1 is 1.16 bits per heavy atom. The maximum Gasteiger partial charge on any atom is 0.244 e. The van der Waals surface area contributed by atoms with E-state index in [-0.39, 0.29) is 17.2 Å². The maximum atomic E-state index is 9.80. The molecule has 0 amide bonds. The predicted molar refractivity (Wildman–Crippen MR) is 119 cm³/mol. The number of hydrogen-bond donors (Lipinski definition) is 2. The van der Waals surface area contributed by atoms with Crippen LogP contribution in [0.5, 0.6) is 11.6 Å². The molecule has 2 heterocycles. The molecule has 7 heteroatoms. The van der Waals surface area contributed by atoms with Crippen molar-refractivity contribution in [1.29, 1.82) is 5.26 Å². The molecule has 1 aliphatic heterocycles. The zero-order valence-corrected chi connectivity index (χ0v) is 18.3. The first kappa shape index (κ1) is 20.8. The van der Waals surface area contributed by atoms with Gasteiger partial charge in [0.25, 0.3) is 0 Å². The molecule has 0 fully saturated rings. The van der Waals surface area contributed by atoms with Crippen molar-refractivity contribution in [1.82, 2.24) is 10.2 Å². The zero-order valence-electron chi connectivity index (χ0n) is 17.6. The minimum absolute atomic E-state index is 0.0787. The second-order valence-electron chi connectivity index (χ2n) is 8.48. The number of halogens is 1. The number of H-pyrrole nitrogens is 1. The molecule has 31 heavy (non-hydrogen) atoms. The molecule has 1 aliphatic rings. The van der Waals surface area contributed by atoms with Crippen molar-refractivity contribution in [2.24, 2.45) is 5.73 Å². The quantitative estimate of drug-likeness (QED) is 0.591. The number of aromatic nitrogens is 2. The summed E-state index contributed by atoms with van der Waals surface area (Å²) in [6.45, 7) is 6.68. The van der Waals surface area contributed by atoms with Crippen LogP contribution in [0.25, 0.3) is 0 Å². The molecule has 0 aliphatic carbocycles. The molecule has 3 N–H and O–H groups in total. The van der Waals surface area contributed by atoms with Crippen LogP contribution in [-0.2, 0) is 12.0 Å². The van der Waals surface area contributed by atoms with Crippen LogP contribution in [0.15, 0.2) is 60.0 Å². The SMILES string of the molecule is CC(C)(C)c1[nH]nc2c1[C@H](c1ccc(OCc3ccc(Cl)cc3)cc1)C(C#N)=C(N)O2. The lowest BCUT2D eigenvalue weighted by Crippen LogP contribution is -2.23. The Morgan fingerprint density at radius 3 is 2.45 bits per heavy atom. The Kier molecular flexibility index (Phi) is 5.38. The second kappa shape index (κ2) is 8.01. The molecule has 1 atom stereocenters. The molecule has 0 spiro atoms. The van der Waals surface area contributed by atoms with Crippen LogP contribution < -0.4 is 15.2 Å². The number of nitrogens with zero attached hydrogens (tertiary/aromatic N) is 2. The summed E-state index contributed by atoms with van der Waals surface area (Å²) in [5, 5.41) is 17.9. The van der Waals surface area contributed by atoms with E-state index < -0.39 is 0 Å². The van der Waals surface area contributed by atoms with Crippen molar-refractivity contribution >= 4 is 11.6 Å². The highest BCUT2D eigenvalue weighted by atomic mass is 35.5. The van der Waals surface area contributed by atoms with Crippen molar-refractivity contribution in [2.75, 3.05) is 0 Å². The molecule has 0 unspecified atom stereocenters. The van der Waals surface area contributed by atoms with Gasteiger partial charge in [-0.05, 0) is 35.4 Å². The van der Waals surface area contributed by atoms with Crippen molar-refractivity contribution in [3.8, 4) is 17.7 Å². The van der Waals surface area contributed by atoms with E-state index in [4.69, 9.17) is 26.8 Å². The van der Waals surface area contributed by atoms with Gasteiger partial charge < -0.3 is 15.2 Å². The van der Waals surface area contributed by atoms with Crippen LogP contribution >= 0.6 is 11.6 Å². The molecule has 0 radical (unpaired) electrons. The average Bonchev–Trinajstić information content (AvgIpc) is 3.16. The number of hydrogen-bond acceptors (Lipinski definition) is 5. The predicted octanol–water partition coefficient (Wildman–Crippen LogP) is 5.16. The molecule has 4 rings (SSSR count). The second-order valence-corrected chi connectivity index (χ2v) is 8.91. The molecule has 2 aromatic carbocycles. The summed E-state index contributed by atoms with van der Waals surface area (Å²) in [4.78, 5) is 0. The minimum Gasteiger partial charge on any atom is -0.489 e. The van der Waals surface area contributed by atoms with E-state index in [9.17, 15) is 5.26 Å². The summed E-state index contributed by atoms with van der Waals surface area (Å²) in [5.41, 5.74) is 9.90. The van der Waals surface area contributed by atoms with Crippen molar-refractivity contribution < 1.29 is 9.47 Å². The van der Waals surface area contributed by atoms with Gasteiger partial charge in [-0.3, -0.25) is 5.10 Å². The number of nitriles is 1. The standard InChI is InChI=1S/C24H23ClN4O2/c1-24(2,3)21-20-19(18(12-26)22(27)31-23(20)29-28-21)15-6-10-17(11-7-15)30-13-14-4-8-16(25)9-5-14/h4-11,19H,13,27H2,1-3H3,(H,28,29)/t19-/m1/s1. The molecule has 1 aromatic heterocycles. The summed E-state index contributed by atoms with van der Waals surface area (Å²) in [5.74, 6) is 0.848. The van der Waals surface area contributed by atoms with Gasteiger partial charge in [0.15, 0.2) is 0 Å². The molecule has 0 saturated heterocycles. The topological polar surface area (TPSA) is 97.0 Å². The van der Waals surface area contributed by atoms with Crippen LogP contribution in [0.4, 0.5) is 0 Å². The highest BCUT2D eigenvalue weighted by Crippen LogP contribution is 2.45. The molecule has 0 bridgehead atoms. The average molecular weight is 435 g/mol. The van der Waals surface area contributed by atoms with E-state index in [2.05, 4.69) is 37.0 Å². The van der Waals surface area contributed by atoms with Crippen molar-refractivity contribution in [3.05, 3.63) is 87.4 Å². The first-order chi connectivity index (χ1) is 14.8. The number of nitrogens with one attached hydrogen (secondary N) is 1. The van der Waals surface area contributed by atoms with Crippen LogP contribution in [0, 0.1) is 11.3 Å². The van der Waals surface area contributed by atoms with Crippen molar-refractivity contribution in [2.45, 2.75) is 38.7 Å². The maximum absolute atomic E-state index is 9.80. The lowest BCUT2D eigenvalue weighted by atomic mass is 9.79. The Labute approximate surface area is 186 Å². The number of allylic oxidation sites excluding steroid dienone is 1. The fourth-order valence-corrected chi connectivity index (χ4v) is 3.78. The third-order valence-electron chi connectivity index (χ3n) is 5.22. The van der Waals surface area contributed by atoms with Crippen molar-refractivity contribution in [3.63, 3.8) is 0 Å². The van der Waals surface area contributed by atoms with E-state index in [0.29, 0.717) is 23.1 Å². The van der Waals surface area contributed by atoms with Gasteiger partial charge in [0, 0.05) is 16.1 Å². The number of aromatic amines is 1. The summed E-state index contributed by atoms with van der Waals surface area (Å²) in [6, 6.07) is 17.4. The van der Waals surface area contributed by atoms with E-state index in [1.54, 1.807) is 0 Å². The van der Waals surface area contributed by atoms with Gasteiger partial charge in [0.05, 0.1) is 11.5 Å². The van der Waals surface area contributed by atoms with E-state index in [1.807, 2.05) is 48.5 Å². The van der Waals surface area contributed by atoms with Gasteiger partial charge in [-0.15, -0.1) is 5.10 Å². The first-order valence-electron chi connectivity index (χ1n) is 9.91. The Bertz CT molecular complexity index is 1170. The summed E-state index contributed by atoms with van der Waals surface area (Å²) in [7, 11) is 0. The zero-order chi connectivity index (χ0) is 22.2. The fraction of sp³-hybridized carbons (Fsp3) is 0.250. The largest absolute Gasteiger partial charge is 0.489 e. The fourth-order valence-electron chi connectivity index (χ4n) is 3.65. The Hall–Kier alpha value is -3.43. The van der Waals surface area contributed by atoms with Gasteiger partial charge in [0.1, 0.15) is 24.0 Å². The van der Waals surface area contributed by atoms with E-state index in [0.717, 1.165) is 28.1 Å². The third kappa shape index (κ3) is 4.10. The molecule has 158 valence electrons. The van der Waals surface area contributed by atoms with E-state index >= 15 is 0 Å². The number of rotatable bonds is 4. The highest BCUT2D eigenvalue weighted by Gasteiger charge is 2.37. The number of nitrogens with two attached hydrogens (primary N) is 1. The van der Waals surface area contributed by atoms with Crippen LogP contribution in [0.2, 0.25) is 5.02 Å². The normalized spacial score (nSPS) is 15.8. The first-order valence-corrected chi connectivity index (χ1v) is 10.3. The highest BCUT2D eigenvalue weighted by molar-refractivity contribution is 6.30. The number of ether oxygens (including phenoxy) is 2. The summed E-state index contributed by atoms with van der Waals surface area (Å²) in [6.07, 6.45) is 0. The van der Waals surface area contributed by atoms with Gasteiger partial charge >= 0.3 is 0 Å². The smallest absolute Gasteiger partial charge is 0.244 e. The Balaban J connectivity index is 1.64. The molecule has 0 saturated carbocycles. The van der Waals surface area contributed by atoms with Gasteiger partial charge in [-0.25, -0.2) is 0 Å². The molecular weight excluding hydrogens is 412 g/mol. The molecule has 6 nitrogen and oxygen atoms in total. The van der Waals surface area contributed by atoms with Crippen LogP contribution in [-0.4, -0.2) is 10.2 Å². The van der Waals surface area contributed by atoms with E-state index in [1.165, 1.54) is 0 Å². The summed E-state index contributed by atoms with van der Waals surface area (Å²) >= 11 is 5.93. The summed E-state index contributed by atoms with van der Waals surface area (Å²) < 4.78 is 11.5. The van der Waals surface area contributed by atoms with Gasteiger partial charge in [0.2, 0.25) is 11.8 Å². The van der Waals surface area contributed by atoms with Crippen LogP contribution in [0.1, 0.15) is 49.1 Å². The Morgan fingerprint density at radius 2 is 1.84 bits per heavy atom. The molecular formula is C24H23ClN4O2. The number of benzene rings is 2. The monoisotopic (exact) mass is 434 g/mol. The van der Waals surface area contributed by atoms with Crippen LogP contribution in [0.3, 0.4) is 0 Å².